The lowest BCUT2D eigenvalue weighted by molar-refractivity contribution is 0.142. The van der Waals surface area contributed by atoms with Crippen molar-refractivity contribution in [3.05, 3.63) is 29.8 Å². The van der Waals surface area contributed by atoms with E-state index in [9.17, 15) is 5.11 Å². The van der Waals surface area contributed by atoms with Gasteiger partial charge in [-0.05, 0) is 43.9 Å². The van der Waals surface area contributed by atoms with Gasteiger partial charge in [0.2, 0.25) is 0 Å². The third kappa shape index (κ3) is 4.51. The van der Waals surface area contributed by atoms with Gasteiger partial charge in [-0.25, -0.2) is 0 Å². The number of benzene rings is 1. The van der Waals surface area contributed by atoms with Gasteiger partial charge in [-0.3, -0.25) is 0 Å². The van der Waals surface area contributed by atoms with Gasteiger partial charge in [-0.1, -0.05) is 19.1 Å². The molecule has 0 heterocycles. The minimum Gasteiger partial charge on any atom is -0.494 e. The van der Waals surface area contributed by atoms with E-state index in [2.05, 4.69) is 31.3 Å². The quantitative estimate of drug-likeness (QED) is 0.757. The van der Waals surface area contributed by atoms with E-state index in [0.29, 0.717) is 12.6 Å². The van der Waals surface area contributed by atoms with Gasteiger partial charge in [-0.15, -0.1) is 0 Å². The zero-order valence-corrected chi connectivity index (χ0v) is 12.0. The van der Waals surface area contributed by atoms with E-state index in [1.165, 1.54) is 18.4 Å². The lowest BCUT2D eigenvalue weighted by Crippen LogP contribution is -2.48. The maximum atomic E-state index is 9.51. The largest absolute Gasteiger partial charge is 0.494 e. The smallest absolute Gasteiger partial charge is 0.119 e. The Morgan fingerprint density at radius 3 is 2.53 bits per heavy atom. The molecule has 0 bridgehead atoms. The number of hydrogen-bond donors (Lipinski definition) is 2. The maximum Gasteiger partial charge on any atom is 0.119 e. The van der Waals surface area contributed by atoms with Crippen molar-refractivity contribution in [2.24, 2.45) is 0 Å². The Labute approximate surface area is 116 Å². The highest BCUT2D eigenvalue weighted by Crippen LogP contribution is 2.24. The van der Waals surface area contributed by atoms with Gasteiger partial charge in [0.05, 0.1) is 13.2 Å². The molecule has 1 aliphatic rings. The Morgan fingerprint density at radius 2 is 2.00 bits per heavy atom. The number of ether oxygens (including phenoxy) is 1. The normalized spacial score (nSPS) is 18.1. The average molecular weight is 263 g/mol. The van der Waals surface area contributed by atoms with Gasteiger partial charge < -0.3 is 15.2 Å². The second-order valence-corrected chi connectivity index (χ2v) is 5.73. The van der Waals surface area contributed by atoms with Crippen LogP contribution >= 0.6 is 0 Å². The van der Waals surface area contributed by atoms with E-state index in [0.717, 1.165) is 18.6 Å². The molecule has 3 nitrogen and oxygen atoms in total. The number of hydrogen-bond acceptors (Lipinski definition) is 3. The molecule has 0 aromatic heterocycles. The van der Waals surface area contributed by atoms with Gasteiger partial charge in [0, 0.05) is 18.0 Å². The minimum absolute atomic E-state index is 0.154. The Bertz CT molecular complexity index is 386. The molecule has 2 N–H and O–H groups in total. The van der Waals surface area contributed by atoms with E-state index in [-0.39, 0.29) is 12.1 Å². The fraction of sp³-hybridized carbons (Fsp3) is 0.625. The standard InChI is InChI=1S/C16H25NO2/c1-3-13-4-8-15(9-5-13)19-11-10-16(2,12-18)17-14-6-7-14/h4-5,8-9,14,17-18H,3,6-7,10-12H2,1-2H3. The molecule has 2 rings (SSSR count). The first-order valence-corrected chi connectivity index (χ1v) is 7.25. The van der Waals surface area contributed by atoms with Crippen molar-refractivity contribution < 1.29 is 9.84 Å². The molecule has 1 aliphatic carbocycles. The second-order valence-electron chi connectivity index (χ2n) is 5.73. The highest BCUT2D eigenvalue weighted by Gasteiger charge is 2.31. The first kappa shape index (κ1) is 14.4. The topological polar surface area (TPSA) is 41.5 Å². The van der Waals surface area contributed by atoms with E-state index in [1.807, 2.05) is 12.1 Å². The molecule has 0 radical (unpaired) electrons. The SMILES string of the molecule is CCc1ccc(OCCC(C)(CO)NC2CC2)cc1. The number of rotatable bonds is 8. The van der Waals surface area contributed by atoms with Crippen LogP contribution < -0.4 is 10.1 Å². The third-order valence-corrected chi connectivity index (χ3v) is 3.73. The molecule has 0 saturated heterocycles. The van der Waals surface area contributed by atoms with Gasteiger partial charge in [-0.2, -0.15) is 0 Å². The molecule has 1 saturated carbocycles. The van der Waals surface area contributed by atoms with Crippen LogP contribution in [0.3, 0.4) is 0 Å². The van der Waals surface area contributed by atoms with E-state index < -0.39 is 0 Å². The summed E-state index contributed by atoms with van der Waals surface area (Å²) >= 11 is 0. The van der Waals surface area contributed by atoms with Gasteiger partial charge in [0.25, 0.3) is 0 Å². The van der Waals surface area contributed by atoms with E-state index in [1.54, 1.807) is 0 Å². The Hall–Kier alpha value is -1.06. The summed E-state index contributed by atoms with van der Waals surface area (Å²) in [5.41, 5.74) is 1.10. The van der Waals surface area contributed by atoms with Gasteiger partial charge >= 0.3 is 0 Å². The summed E-state index contributed by atoms with van der Waals surface area (Å²) in [7, 11) is 0. The molecule has 3 heteroatoms. The molecule has 1 aromatic carbocycles. The molecule has 0 aliphatic heterocycles. The van der Waals surface area contributed by atoms with Crippen molar-refractivity contribution in [1.82, 2.24) is 5.32 Å². The summed E-state index contributed by atoms with van der Waals surface area (Å²) in [6, 6.07) is 8.83. The first-order valence-electron chi connectivity index (χ1n) is 7.25. The summed E-state index contributed by atoms with van der Waals surface area (Å²) in [5.74, 6) is 0.906. The molecule has 106 valence electrons. The highest BCUT2D eigenvalue weighted by atomic mass is 16.5. The van der Waals surface area contributed by atoms with Crippen LogP contribution in [-0.4, -0.2) is 29.9 Å². The van der Waals surface area contributed by atoms with Crippen LogP contribution in [0.2, 0.25) is 0 Å². The zero-order valence-electron chi connectivity index (χ0n) is 12.0. The Balaban J connectivity index is 1.77. The van der Waals surface area contributed by atoms with Crippen LogP contribution in [0.15, 0.2) is 24.3 Å². The van der Waals surface area contributed by atoms with Crippen molar-refractivity contribution >= 4 is 0 Å². The minimum atomic E-state index is -0.218. The van der Waals surface area contributed by atoms with Crippen molar-refractivity contribution in [2.45, 2.75) is 51.1 Å². The summed E-state index contributed by atoms with van der Waals surface area (Å²) in [5, 5.41) is 13.0. The van der Waals surface area contributed by atoms with Crippen molar-refractivity contribution in [1.29, 1.82) is 0 Å². The molecular weight excluding hydrogens is 238 g/mol. The number of aliphatic hydroxyl groups excluding tert-OH is 1. The molecule has 19 heavy (non-hydrogen) atoms. The summed E-state index contributed by atoms with van der Waals surface area (Å²) in [6.07, 6.45) is 4.33. The van der Waals surface area contributed by atoms with Crippen LogP contribution in [0, 0.1) is 0 Å². The maximum absolute atomic E-state index is 9.51. The number of nitrogens with one attached hydrogen (secondary N) is 1. The number of aryl methyl sites for hydroxylation is 1. The highest BCUT2D eigenvalue weighted by molar-refractivity contribution is 5.27. The van der Waals surface area contributed by atoms with Crippen LogP contribution in [-0.2, 0) is 6.42 Å². The lowest BCUT2D eigenvalue weighted by atomic mass is 9.99. The summed E-state index contributed by atoms with van der Waals surface area (Å²) < 4.78 is 5.75. The van der Waals surface area contributed by atoms with E-state index >= 15 is 0 Å². The fourth-order valence-electron chi connectivity index (χ4n) is 2.13. The summed E-state index contributed by atoms with van der Waals surface area (Å²) in [6.45, 7) is 4.99. The van der Waals surface area contributed by atoms with E-state index in [4.69, 9.17) is 4.74 Å². The third-order valence-electron chi connectivity index (χ3n) is 3.73. The van der Waals surface area contributed by atoms with Gasteiger partial charge in [0.1, 0.15) is 5.75 Å². The molecule has 1 unspecified atom stereocenters. The predicted octanol–water partition coefficient (Wildman–Crippen LogP) is 2.52. The molecule has 1 atom stereocenters. The molecule has 1 fully saturated rings. The number of aliphatic hydroxyl groups is 1. The lowest BCUT2D eigenvalue weighted by Gasteiger charge is -2.29. The van der Waals surface area contributed by atoms with Crippen molar-refractivity contribution in [3.8, 4) is 5.75 Å². The molecule has 0 spiro atoms. The first-order chi connectivity index (χ1) is 9.15. The monoisotopic (exact) mass is 263 g/mol. The van der Waals surface area contributed by atoms with Crippen molar-refractivity contribution in [2.75, 3.05) is 13.2 Å². The second kappa shape index (κ2) is 6.40. The Morgan fingerprint density at radius 1 is 1.32 bits per heavy atom. The van der Waals surface area contributed by atoms with Crippen LogP contribution in [0.25, 0.3) is 0 Å². The average Bonchev–Trinajstić information content (AvgIpc) is 3.23. The van der Waals surface area contributed by atoms with Gasteiger partial charge in [0.15, 0.2) is 0 Å². The Kier molecular flexibility index (Phi) is 4.83. The fourth-order valence-corrected chi connectivity index (χ4v) is 2.13. The molecular formula is C16H25NO2. The van der Waals surface area contributed by atoms with Crippen LogP contribution in [0.4, 0.5) is 0 Å². The van der Waals surface area contributed by atoms with Crippen molar-refractivity contribution in [3.63, 3.8) is 0 Å². The predicted molar refractivity (Wildman–Crippen MR) is 77.6 cm³/mol. The zero-order chi connectivity index (χ0) is 13.7. The molecule has 1 aromatic rings. The van der Waals surface area contributed by atoms with Crippen LogP contribution in [0.1, 0.15) is 38.7 Å². The summed E-state index contributed by atoms with van der Waals surface area (Å²) in [4.78, 5) is 0. The molecule has 0 amide bonds. The van der Waals surface area contributed by atoms with Crippen LogP contribution in [0.5, 0.6) is 5.75 Å².